The number of hydrogen-bond donors (Lipinski definition) is 1. The number of rotatable bonds is 1. The molecule has 86 valence electrons. The van der Waals surface area contributed by atoms with Crippen LogP contribution < -0.4 is 5.73 Å². The van der Waals surface area contributed by atoms with Crippen molar-refractivity contribution >= 4 is 34.8 Å². The smallest absolute Gasteiger partial charge is 0.256 e. The lowest BCUT2D eigenvalue weighted by atomic mass is 10.2. The summed E-state index contributed by atoms with van der Waals surface area (Å²) in [5.41, 5.74) is 6.41. The van der Waals surface area contributed by atoms with Gasteiger partial charge in [-0.05, 0) is 25.0 Å². The summed E-state index contributed by atoms with van der Waals surface area (Å²) in [6.07, 6.45) is 2.08. The van der Waals surface area contributed by atoms with Gasteiger partial charge in [0.05, 0.1) is 15.6 Å². The summed E-state index contributed by atoms with van der Waals surface area (Å²) in [5, 5.41) is 0.642. The molecule has 1 saturated heterocycles. The third kappa shape index (κ3) is 2.11. The second-order valence-corrected chi connectivity index (χ2v) is 4.67. The van der Waals surface area contributed by atoms with E-state index in [-0.39, 0.29) is 5.91 Å². The van der Waals surface area contributed by atoms with Crippen molar-refractivity contribution in [2.75, 3.05) is 18.8 Å². The predicted molar refractivity (Wildman–Crippen MR) is 66.0 cm³/mol. The molecule has 1 aromatic rings. The van der Waals surface area contributed by atoms with Crippen LogP contribution in [0.25, 0.3) is 0 Å². The fraction of sp³-hybridized carbons (Fsp3) is 0.364. The summed E-state index contributed by atoms with van der Waals surface area (Å²) in [6, 6.07) is 3.10. The molecule has 0 unspecified atom stereocenters. The molecule has 0 radical (unpaired) electrons. The normalized spacial score (nSPS) is 15.5. The molecule has 0 aliphatic carbocycles. The van der Waals surface area contributed by atoms with Gasteiger partial charge in [-0.3, -0.25) is 4.79 Å². The maximum atomic E-state index is 12.1. The van der Waals surface area contributed by atoms with Crippen molar-refractivity contribution in [2.24, 2.45) is 0 Å². The lowest BCUT2D eigenvalue weighted by molar-refractivity contribution is 0.0793. The van der Waals surface area contributed by atoms with Gasteiger partial charge in [-0.15, -0.1) is 0 Å². The predicted octanol–water partition coefficient (Wildman–Crippen LogP) is 2.81. The molecule has 1 aliphatic heterocycles. The van der Waals surface area contributed by atoms with Crippen LogP contribution in [0.5, 0.6) is 0 Å². The van der Waals surface area contributed by atoms with Gasteiger partial charge in [-0.2, -0.15) is 0 Å². The molecule has 1 amide bonds. The molecule has 0 aromatic heterocycles. The summed E-state index contributed by atoms with van der Waals surface area (Å²) in [7, 11) is 0. The van der Waals surface area contributed by atoms with Crippen LogP contribution in [-0.2, 0) is 0 Å². The largest absolute Gasteiger partial charge is 0.399 e. The third-order valence-corrected chi connectivity index (χ3v) is 3.27. The van der Waals surface area contributed by atoms with Gasteiger partial charge in [0.1, 0.15) is 0 Å². The molecule has 5 heteroatoms. The van der Waals surface area contributed by atoms with Crippen molar-refractivity contribution in [3.8, 4) is 0 Å². The van der Waals surface area contributed by atoms with Crippen LogP contribution in [0.1, 0.15) is 23.2 Å². The lowest BCUT2D eigenvalue weighted by Gasteiger charge is -2.17. The van der Waals surface area contributed by atoms with Crippen molar-refractivity contribution in [2.45, 2.75) is 12.8 Å². The monoisotopic (exact) mass is 258 g/mol. The minimum atomic E-state index is -0.104. The number of likely N-dealkylation sites (tertiary alicyclic amines) is 1. The first-order valence-electron chi connectivity index (χ1n) is 5.13. The quantitative estimate of drug-likeness (QED) is 0.788. The second kappa shape index (κ2) is 4.52. The average Bonchev–Trinajstić information content (AvgIpc) is 2.67. The summed E-state index contributed by atoms with van der Waals surface area (Å²) in [5.74, 6) is -0.104. The number of carbonyl (C=O) groups is 1. The third-order valence-electron chi connectivity index (χ3n) is 2.67. The fourth-order valence-electron chi connectivity index (χ4n) is 1.88. The first-order valence-corrected chi connectivity index (χ1v) is 5.89. The standard InChI is InChI=1S/C11H12Cl2N2O/c12-8-5-7(14)6-9(13)10(8)11(16)15-3-1-2-4-15/h5-6H,1-4,14H2. The molecule has 1 fully saturated rings. The van der Waals surface area contributed by atoms with Crippen LogP contribution in [0, 0.1) is 0 Å². The van der Waals surface area contributed by atoms with E-state index in [2.05, 4.69) is 0 Å². The van der Waals surface area contributed by atoms with E-state index in [1.54, 1.807) is 17.0 Å². The number of halogens is 2. The highest BCUT2D eigenvalue weighted by Gasteiger charge is 2.23. The first kappa shape index (κ1) is 11.6. The van der Waals surface area contributed by atoms with Gasteiger partial charge in [-0.1, -0.05) is 23.2 Å². The van der Waals surface area contributed by atoms with Gasteiger partial charge < -0.3 is 10.6 Å². The number of nitrogens with two attached hydrogens (primary N) is 1. The summed E-state index contributed by atoms with van der Waals surface area (Å²) >= 11 is 12.0. The van der Waals surface area contributed by atoms with Crippen LogP contribution in [0.2, 0.25) is 10.0 Å². The number of hydrogen-bond acceptors (Lipinski definition) is 2. The molecule has 2 rings (SSSR count). The Morgan fingerprint density at radius 2 is 1.69 bits per heavy atom. The van der Waals surface area contributed by atoms with Crippen molar-refractivity contribution in [1.82, 2.24) is 4.90 Å². The number of anilines is 1. The number of nitrogen functional groups attached to an aromatic ring is 1. The number of amides is 1. The zero-order chi connectivity index (χ0) is 11.7. The number of carbonyl (C=O) groups excluding carboxylic acids is 1. The van der Waals surface area contributed by atoms with Gasteiger partial charge in [-0.25, -0.2) is 0 Å². The maximum absolute atomic E-state index is 12.1. The van der Waals surface area contributed by atoms with E-state index < -0.39 is 0 Å². The van der Waals surface area contributed by atoms with Gasteiger partial charge in [0.25, 0.3) is 5.91 Å². The SMILES string of the molecule is Nc1cc(Cl)c(C(=O)N2CCCC2)c(Cl)c1. The molecule has 0 atom stereocenters. The Balaban J connectivity index is 2.35. The molecule has 0 saturated carbocycles. The van der Waals surface area contributed by atoms with Gasteiger partial charge in [0.15, 0.2) is 0 Å². The van der Waals surface area contributed by atoms with Crippen LogP contribution in [0.4, 0.5) is 5.69 Å². The molecule has 1 heterocycles. The molecule has 1 aromatic carbocycles. The van der Waals surface area contributed by atoms with Gasteiger partial charge in [0.2, 0.25) is 0 Å². The van der Waals surface area contributed by atoms with E-state index in [1.165, 1.54) is 0 Å². The van der Waals surface area contributed by atoms with E-state index >= 15 is 0 Å². The minimum Gasteiger partial charge on any atom is -0.399 e. The Kier molecular flexibility index (Phi) is 3.26. The Hall–Kier alpha value is -0.930. The van der Waals surface area contributed by atoms with E-state index in [9.17, 15) is 4.79 Å². The molecule has 2 N–H and O–H groups in total. The van der Waals surface area contributed by atoms with Crippen molar-refractivity contribution in [3.05, 3.63) is 27.7 Å². The van der Waals surface area contributed by atoms with Crippen molar-refractivity contribution in [3.63, 3.8) is 0 Å². The molecular formula is C11H12Cl2N2O. The van der Waals surface area contributed by atoms with E-state index in [0.717, 1.165) is 25.9 Å². The second-order valence-electron chi connectivity index (χ2n) is 3.86. The van der Waals surface area contributed by atoms with Crippen molar-refractivity contribution in [1.29, 1.82) is 0 Å². The van der Waals surface area contributed by atoms with E-state index in [4.69, 9.17) is 28.9 Å². The highest BCUT2D eigenvalue weighted by molar-refractivity contribution is 6.40. The lowest BCUT2D eigenvalue weighted by Crippen LogP contribution is -2.28. The highest BCUT2D eigenvalue weighted by Crippen LogP contribution is 2.29. The fourth-order valence-corrected chi connectivity index (χ4v) is 2.54. The van der Waals surface area contributed by atoms with E-state index in [1.807, 2.05) is 0 Å². The molecule has 16 heavy (non-hydrogen) atoms. The Labute approximate surface area is 104 Å². The van der Waals surface area contributed by atoms with Gasteiger partial charge >= 0.3 is 0 Å². The van der Waals surface area contributed by atoms with Crippen LogP contribution >= 0.6 is 23.2 Å². The zero-order valence-electron chi connectivity index (χ0n) is 8.67. The molecule has 3 nitrogen and oxygen atoms in total. The average molecular weight is 259 g/mol. The molecule has 0 spiro atoms. The minimum absolute atomic E-state index is 0.104. The number of nitrogens with zero attached hydrogens (tertiary/aromatic N) is 1. The van der Waals surface area contributed by atoms with Crippen LogP contribution in [-0.4, -0.2) is 23.9 Å². The first-order chi connectivity index (χ1) is 7.59. The zero-order valence-corrected chi connectivity index (χ0v) is 10.2. The highest BCUT2D eigenvalue weighted by atomic mass is 35.5. The van der Waals surface area contributed by atoms with Gasteiger partial charge in [0, 0.05) is 18.8 Å². The maximum Gasteiger partial charge on any atom is 0.256 e. The summed E-state index contributed by atoms with van der Waals surface area (Å²) < 4.78 is 0. The summed E-state index contributed by atoms with van der Waals surface area (Å²) in [6.45, 7) is 1.55. The Bertz CT molecular complexity index is 405. The summed E-state index contributed by atoms with van der Waals surface area (Å²) in [4.78, 5) is 13.9. The Morgan fingerprint density at radius 3 is 2.19 bits per heavy atom. The van der Waals surface area contributed by atoms with Crippen LogP contribution in [0.15, 0.2) is 12.1 Å². The van der Waals surface area contributed by atoms with Crippen LogP contribution in [0.3, 0.4) is 0 Å². The molecule has 1 aliphatic rings. The van der Waals surface area contributed by atoms with Crippen molar-refractivity contribution < 1.29 is 4.79 Å². The Morgan fingerprint density at radius 1 is 1.19 bits per heavy atom. The topological polar surface area (TPSA) is 46.3 Å². The molecular weight excluding hydrogens is 247 g/mol. The molecule has 0 bridgehead atoms. The number of benzene rings is 1. The van der Waals surface area contributed by atoms with E-state index in [0.29, 0.717) is 21.3 Å².